The van der Waals surface area contributed by atoms with Crippen LogP contribution < -0.4 is 5.32 Å². The van der Waals surface area contributed by atoms with Crippen LogP contribution in [0.15, 0.2) is 42.5 Å². The van der Waals surface area contributed by atoms with Crippen LogP contribution in [0.1, 0.15) is 31.1 Å². The van der Waals surface area contributed by atoms with E-state index >= 15 is 0 Å². The number of aliphatic carboxylic acids is 1. The van der Waals surface area contributed by atoms with E-state index in [1.165, 1.54) is 0 Å². The second-order valence-electron chi connectivity index (χ2n) is 6.14. The Balaban J connectivity index is 2.37. The van der Waals surface area contributed by atoms with Gasteiger partial charge in [-0.15, -0.1) is 0 Å². The highest BCUT2D eigenvalue weighted by Gasteiger charge is 2.33. The molecule has 0 aliphatic rings. The van der Waals surface area contributed by atoms with Gasteiger partial charge in [-0.05, 0) is 22.3 Å². The molecule has 2 rings (SSSR count). The minimum absolute atomic E-state index is 0.367. The molecule has 0 unspecified atom stereocenters. The molecule has 2 aromatic carbocycles. The van der Waals surface area contributed by atoms with Crippen LogP contribution in [0.4, 0.5) is 0 Å². The van der Waals surface area contributed by atoms with Crippen molar-refractivity contribution in [2.24, 2.45) is 5.41 Å². The highest BCUT2D eigenvalue weighted by Crippen LogP contribution is 2.22. The van der Waals surface area contributed by atoms with Gasteiger partial charge in [0.05, 0.1) is 0 Å². The summed E-state index contributed by atoms with van der Waals surface area (Å²) in [4.78, 5) is 23.8. The number of nitrogens with one attached hydrogen (secondary N) is 1. The summed E-state index contributed by atoms with van der Waals surface area (Å²) in [7, 11) is 0. The Morgan fingerprint density at radius 3 is 2.29 bits per heavy atom. The molecule has 4 nitrogen and oxygen atoms in total. The minimum atomic E-state index is -1.03. The summed E-state index contributed by atoms with van der Waals surface area (Å²) in [6.07, 6.45) is 0. The zero-order valence-electron chi connectivity index (χ0n) is 12.4. The van der Waals surface area contributed by atoms with E-state index in [-0.39, 0.29) is 5.91 Å². The van der Waals surface area contributed by atoms with Crippen molar-refractivity contribution < 1.29 is 14.7 Å². The Labute approximate surface area is 123 Å². The number of carbonyl (C=O) groups excluding carboxylic acids is 1. The third-order valence-corrected chi connectivity index (χ3v) is 3.42. The number of hydrogen-bond acceptors (Lipinski definition) is 2. The zero-order valence-corrected chi connectivity index (χ0v) is 12.4. The number of rotatable bonds is 3. The molecule has 0 saturated heterocycles. The Morgan fingerprint density at radius 2 is 1.67 bits per heavy atom. The van der Waals surface area contributed by atoms with Crippen LogP contribution in [-0.4, -0.2) is 23.0 Å². The first-order valence-corrected chi connectivity index (χ1v) is 6.82. The molecule has 0 aliphatic carbocycles. The van der Waals surface area contributed by atoms with Crippen molar-refractivity contribution >= 4 is 22.6 Å². The molecule has 0 fully saturated rings. The number of carboxylic acid groups (broad SMARTS) is 1. The van der Waals surface area contributed by atoms with Gasteiger partial charge in [0, 0.05) is 5.56 Å². The third-order valence-electron chi connectivity index (χ3n) is 3.42. The average molecular weight is 285 g/mol. The zero-order chi connectivity index (χ0) is 15.6. The average Bonchev–Trinajstić information content (AvgIpc) is 2.42. The summed E-state index contributed by atoms with van der Waals surface area (Å²) < 4.78 is 0. The smallest absolute Gasteiger partial charge is 0.326 e. The molecule has 1 atom stereocenters. The van der Waals surface area contributed by atoms with E-state index in [9.17, 15) is 14.7 Å². The van der Waals surface area contributed by atoms with E-state index in [1.807, 2.05) is 30.3 Å². The van der Waals surface area contributed by atoms with Crippen LogP contribution in [0.5, 0.6) is 0 Å². The van der Waals surface area contributed by atoms with Gasteiger partial charge in [0.2, 0.25) is 0 Å². The first-order valence-electron chi connectivity index (χ1n) is 6.82. The van der Waals surface area contributed by atoms with Gasteiger partial charge in [0.15, 0.2) is 0 Å². The standard InChI is InChI=1S/C17H19NO3/c1-17(2,3)14(16(20)21)18-15(19)13-10-6-8-11-7-4-5-9-12(11)13/h4-10,14H,1-3H3,(H,18,19)(H,20,21)/t14-/m1/s1. The van der Waals surface area contributed by atoms with Crippen LogP contribution in [0, 0.1) is 5.41 Å². The molecule has 0 aromatic heterocycles. The van der Waals surface area contributed by atoms with Crippen molar-refractivity contribution in [2.45, 2.75) is 26.8 Å². The summed E-state index contributed by atoms with van der Waals surface area (Å²) in [6.45, 7) is 5.36. The van der Waals surface area contributed by atoms with Crippen molar-refractivity contribution in [2.75, 3.05) is 0 Å². The highest BCUT2D eigenvalue weighted by atomic mass is 16.4. The second kappa shape index (κ2) is 5.56. The maximum atomic E-state index is 12.4. The Bertz CT molecular complexity index is 680. The quantitative estimate of drug-likeness (QED) is 0.910. The molecule has 0 heterocycles. The Morgan fingerprint density at radius 1 is 1.05 bits per heavy atom. The van der Waals surface area contributed by atoms with Crippen molar-refractivity contribution in [3.63, 3.8) is 0 Å². The fourth-order valence-corrected chi connectivity index (χ4v) is 2.28. The molecule has 0 spiro atoms. The summed E-state index contributed by atoms with van der Waals surface area (Å²) in [5.74, 6) is -1.40. The van der Waals surface area contributed by atoms with Crippen molar-refractivity contribution in [3.05, 3.63) is 48.0 Å². The number of benzene rings is 2. The first kappa shape index (κ1) is 15.0. The molecular formula is C17H19NO3. The number of amides is 1. The van der Waals surface area contributed by atoms with Crippen LogP contribution >= 0.6 is 0 Å². The van der Waals surface area contributed by atoms with Crippen molar-refractivity contribution in [1.82, 2.24) is 5.32 Å². The lowest BCUT2D eigenvalue weighted by Gasteiger charge is -2.27. The molecule has 0 aliphatic heterocycles. The molecule has 1 amide bonds. The SMILES string of the molecule is CC(C)(C)[C@H](NC(=O)c1cccc2ccccc12)C(=O)O. The van der Waals surface area contributed by atoms with Gasteiger partial charge < -0.3 is 10.4 Å². The molecular weight excluding hydrogens is 266 g/mol. The van der Waals surface area contributed by atoms with Gasteiger partial charge in [-0.1, -0.05) is 57.2 Å². The van der Waals surface area contributed by atoms with Gasteiger partial charge >= 0.3 is 5.97 Å². The van der Waals surface area contributed by atoms with Crippen molar-refractivity contribution in [3.8, 4) is 0 Å². The lowest BCUT2D eigenvalue weighted by atomic mass is 9.86. The molecule has 2 N–H and O–H groups in total. The van der Waals surface area contributed by atoms with E-state index in [0.29, 0.717) is 5.56 Å². The summed E-state index contributed by atoms with van der Waals surface area (Å²) >= 11 is 0. The van der Waals surface area contributed by atoms with E-state index in [0.717, 1.165) is 10.8 Å². The lowest BCUT2D eigenvalue weighted by Crippen LogP contribution is -2.49. The van der Waals surface area contributed by atoms with Gasteiger partial charge in [-0.25, -0.2) is 4.79 Å². The number of carboxylic acids is 1. The summed E-state index contributed by atoms with van der Waals surface area (Å²) in [5, 5.41) is 13.7. The van der Waals surface area contributed by atoms with E-state index in [4.69, 9.17) is 0 Å². The molecule has 4 heteroatoms. The molecule has 110 valence electrons. The van der Waals surface area contributed by atoms with Crippen LogP contribution in [0.25, 0.3) is 10.8 Å². The predicted molar refractivity (Wildman–Crippen MR) is 82.3 cm³/mol. The summed E-state index contributed by atoms with van der Waals surface area (Å²) in [6, 6.07) is 12.0. The van der Waals surface area contributed by atoms with Crippen LogP contribution in [0.3, 0.4) is 0 Å². The Hall–Kier alpha value is -2.36. The fraction of sp³-hybridized carbons (Fsp3) is 0.294. The minimum Gasteiger partial charge on any atom is -0.480 e. The summed E-state index contributed by atoms with van der Waals surface area (Å²) in [5.41, 5.74) is -0.0740. The van der Waals surface area contributed by atoms with Gasteiger partial charge in [-0.2, -0.15) is 0 Å². The molecule has 0 bridgehead atoms. The molecule has 21 heavy (non-hydrogen) atoms. The monoisotopic (exact) mass is 285 g/mol. The second-order valence-corrected chi connectivity index (χ2v) is 6.14. The lowest BCUT2D eigenvalue weighted by molar-refractivity contribution is -0.142. The normalized spacial score (nSPS) is 12.9. The van der Waals surface area contributed by atoms with Gasteiger partial charge in [0.25, 0.3) is 5.91 Å². The maximum absolute atomic E-state index is 12.4. The van der Waals surface area contributed by atoms with Gasteiger partial charge in [0.1, 0.15) is 6.04 Å². The van der Waals surface area contributed by atoms with E-state index in [1.54, 1.807) is 32.9 Å². The first-order chi connectivity index (χ1) is 9.80. The topological polar surface area (TPSA) is 66.4 Å². The number of hydrogen-bond donors (Lipinski definition) is 2. The molecule has 0 saturated carbocycles. The van der Waals surface area contributed by atoms with Crippen LogP contribution in [-0.2, 0) is 4.79 Å². The maximum Gasteiger partial charge on any atom is 0.326 e. The third kappa shape index (κ3) is 3.21. The van der Waals surface area contributed by atoms with Crippen LogP contribution in [0.2, 0.25) is 0 Å². The van der Waals surface area contributed by atoms with Crippen molar-refractivity contribution in [1.29, 1.82) is 0 Å². The molecule has 0 radical (unpaired) electrons. The van der Waals surface area contributed by atoms with E-state index in [2.05, 4.69) is 5.32 Å². The largest absolute Gasteiger partial charge is 0.480 e. The van der Waals surface area contributed by atoms with Gasteiger partial charge in [-0.3, -0.25) is 4.79 Å². The predicted octanol–water partition coefficient (Wildman–Crippen LogP) is 3.07. The fourth-order valence-electron chi connectivity index (χ4n) is 2.28. The van der Waals surface area contributed by atoms with E-state index < -0.39 is 17.4 Å². The molecule has 2 aromatic rings. The Kier molecular flexibility index (Phi) is 3.98. The highest BCUT2D eigenvalue weighted by molar-refractivity contribution is 6.07. The number of fused-ring (bicyclic) bond motifs is 1. The number of carbonyl (C=O) groups is 2.